The monoisotopic (exact) mass is 216 g/mol. The van der Waals surface area contributed by atoms with Crippen molar-refractivity contribution < 1.29 is 4.79 Å². The average molecular weight is 216 g/mol. The molecule has 2 heterocycles. The molecule has 0 radical (unpaired) electrons. The Labute approximate surface area is 95.6 Å². The number of carbonyl (C=O) groups is 1. The van der Waals surface area contributed by atoms with Gasteiger partial charge in [-0.05, 0) is 25.5 Å². The van der Waals surface area contributed by atoms with Crippen molar-refractivity contribution in [2.24, 2.45) is 0 Å². The Morgan fingerprint density at radius 2 is 2.38 bits per heavy atom. The number of nitrogens with zero attached hydrogens (tertiary/aromatic N) is 1. The van der Waals surface area contributed by atoms with Crippen LogP contribution in [-0.2, 0) is 11.2 Å². The molecule has 3 nitrogen and oxygen atoms in total. The molecule has 0 spiro atoms. The quantitative estimate of drug-likeness (QED) is 0.777. The highest BCUT2D eigenvalue weighted by Crippen LogP contribution is 2.06. The van der Waals surface area contributed by atoms with E-state index in [1.165, 1.54) is 0 Å². The number of hydrogen-bond donors (Lipinski definition) is 1. The van der Waals surface area contributed by atoms with E-state index in [1.807, 2.05) is 25.1 Å². The van der Waals surface area contributed by atoms with Crippen LogP contribution in [0.15, 0.2) is 30.4 Å². The predicted molar refractivity (Wildman–Crippen MR) is 63.2 cm³/mol. The maximum atomic E-state index is 11.9. The molecule has 1 aliphatic rings. The molecule has 1 aromatic rings. The Bertz CT molecular complexity index is 412. The van der Waals surface area contributed by atoms with Crippen molar-refractivity contribution in [1.82, 2.24) is 10.3 Å². The highest BCUT2D eigenvalue weighted by Gasteiger charge is 2.18. The molecule has 2 rings (SSSR count). The van der Waals surface area contributed by atoms with Gasteiger partial charge in [0.1, 0.15) is 0 Å². The summed E-state index contributed by atoms with van der Waals surface area (Å²) in [5.74, 6) is 0.224. The van der Waals surface area contributed by atoms with E-state index in [1.54, 1.807) is 0 Å². The van der Waals surface area contributed by atoms with Gasteiger partial charge in [-0.15, -0.1) is 0 Å². The molecule has 0 aliphatic carbocycles. The van der Waals surface area contributed by atoms with Gasteiger partial charge in [-0.25, -0.2) is 0 Å². The van der Waals surface area contributed by atoms with E-state index in [0.29, 0.717) is 6.42 Å². The molecule has 16 heavy (non-hydrogen) atoms. The van der Waals surface area contributed by atoms with Crippen LogP contribution in [0.4, 0.5) is 0 Å². The second-order valence-electron chi connectivity index (χ2n) is 4.08. The number of Topliss-reactive ketones (excluding diaryl/α,β-unsaturated/α-hetero) is 1. The summed E-state index contributed by atoms with van der Waals surface area (Å²) in [7, 11) is 0. The number of rotatable bonds is 3. The molecule has 0 saturated carbocycles. The molecular weight excluding hydrogens is 200 g/mol. The lowest BCUT2D eigenvalue weighted by molar-refractivity contribution is -0.120. The van der Waals surface area contributed by atoms with Gasteiger partial charge >= 0.3 is 0 Å². The van der Waals surface area contributed by atoms with Gasteiger partial charge in [0.2, 0.25) is 0 Å². The molecule has 1 N–H and O–H groups in total. The first-order valence-corrected chi connectivity index (χ1v) is 5.59. The van der Waals surface area contributed by atoms with Crippen LogP contribution in [-0.4, -0.2) is 23.4 Å². The van der Waals surface area contributed by atoms with Crippen molar-refractivity contribution in [2.75, 3.05) is 6.54 Å². The maximum absolute atomic E-state index is 11.9. The first-order valence-electron chi connectivity index (χ1n) is 5.59. The summed E-state index contributed by atoms with van der Waals surface area (Å²) in [6.45, 7) is 2.73. The normalized spacial score (nSPS) is 19.7. The van der Waals surface area contributed by atoms with Crippen molar-refractivity contribution in [3.63, 3.8) is 0 Å². The zero-order chi connectivity index (χ0) is 11.4. The van der Waals surface area contributed by atoms with Gasteiger partial charge in [-0.3, -0.25) is 9.78 Å². The lowest BCUT2D eigenvalue weighted by Gasteiger charge is -2.18. The molecule has 1 atom stereocenters. The fraction of sp³-hybridized carbons (Fsp3) is 0.385. The molecule has 0 amide bonds. The lowest BCUT2D eigenvalue weighted by atomic mass is 10.0. The minimum absolute atomic E-state index is 0.0349. The third-order valence-electron chi connectivity index (χ3n) is 2.71. The number of pyridine rings is 1. The topological polar surface area (TPSA) is 42.0 Å². The van der Waals surface area contributed by atoms with Gasteiger partial charge in [-0.1, -0.05) is 18.2 Å². The first kappa shape index (κ1) is 11.0. The third kappa shape index (κ3) is 2.76. The zero-order valence-electron chi connectivity index (χ0n) is 9.44. The van der Waals surface area contributed by atoms with Crippen LogP contribution in [0.5, 0.6) is 0 Å². The summed E-state index contributed by atoms with van der Waals surface area (Å²) in [6, 6.07) is 5.76. The van der Waals surface area contributed by atoms with Gasteiger partial charge < -0.3 is 5.32 Å². The van der Waals surface area contributed by atoms with Crippen LogP contribution >= 0.6 is 0 Å². The van der Waals surface area contributed by atoms with Crippen LogP contribution in [0.25, 0.3) is 0 Å². The van der Waals surface area contributed by atoms with Crippen molar-refractivity contribution in [3.05, 3.63) is 41.7 Å². The van der Waals surface area contributed by atoms with Crippen LogP contribution < -0.4 is 5.32 Å². The molecule has 0 saturated heterocycles. The molecule has 1 aliphatic heterocycles. The fourth-order valence-electron chi connectivity index (χ4n) is 1.85. The molecule has 0 unspecified atom stereocenters. The highest BCUT2D eigenvalue weighted by atomic mass is 16.1. The molecule has 1 aromatic heterocycles. The van der Waals surface area contributed by atoms with E-state index in [9.17, 15) is 4.79 Å². The second-order valence-corrected chi connectivity index (χ2v) is 4.08. The van der Waals surface area contributed by atoms with Crippen molar-refractivity contribution in [1.29, 1.82) is 0 Å². The Hall–Kier alpha value is -1.48. The largest absolute Gasteiger partial charge is 0.304 e. The van der Waals surface area contributed by atoms with Gasteiger partial charge in [0.25, 0.3) is 0 Å². The molecular formula is C13H16N2O. The molecule has 0 fully saturated rings. The van der Waals surface area contributed by atoms with E-state index < -0.39 is 0 Å². The van der Waals surface area contributed by atoms with Crippen LogP contribution in [0.2, 0.25) is 0 Å². The minimum Gasteiger partial charge on any atom is -0.304 e. The summed E-state index contributed by atoms with van der Waals surface area (Å²) >= 11 is 0. The summed E-state index contributed by atoms with van der Waals surface area (Å²) < 4.78 is 0. The Morgan fingerprint density at radius 3 is 3.06 bits per heavy atom. The Kier molecular flexibility index (Phi) is 3.47. The number of carbonyl (C=O) groups excluding carboxylic acids is 1. The minimum atomic E-state index is -0.0349. The van der Waals surface area contributed by atoms with Crippen molar-refractivity contribution >= 4 is 5.78 Å². The summed E-state index contributed by atoms with van der Waals surface area (Å²) in [5, 5.41) is 3.19. The van der Waals surface area contributed by atoms with Gasteiger partial charge in [0, 0.05) is 17.9 Å². The molecule has 3 heteroatoms. The summed E-state index contributed by atoms with van der Waals surface area (Å²) in [4.78, 5) is 16.3. The van der Waals surface area contributed by atoms with Gasteiger partial charge in [0.15, 0.2) is 5.78 Å². The van der Waals surface area contributed by atoms with E-state index in [0.717, 1.165) is 24.4 Å². The predicted octanol–water partition coefficient (Wildman–Crippen LogP) is 1.42. The Balaban J connectivity index is 1.99. The van der Waals surface area contributed by atoms with Crippen LogP contribution in [0.3, 0.4) is 0 Å². The summed E-state index contributed by atoms with van der Waals surface area (Å²) in [6.07, 6.45) is 5.33. The lowest BCUT2D eigenvalue weighted by Crippen LogP contribution is -2.39. The van der Waals surface area contributed by atoms with E-state index in [-0.39, 0.29) is 11.8 Å². The Morgan fingerprint density at radius 1 is 1.50 bits per heavy atom. The van der Waals surface area contributed by atoms with E-state index in [4.69, 9.17) is 0 Å². The van der Waals surface area contributed by atoms with Gasteiger partial charge in [0.05, 0.1) is 12.5 Å². The standard InChI is InChI=1S/C13H16N2O/c1-10-5-4-6-11(15-10)9-13(16)12-7-2-3-8-14-12/h2-6,12,14H,7-9H2,1H3/t12-/m0/s1. The van der Waals surface area contributed by atoms with Crippen molar-refractivity contribution in [2.45, 2.75) is 25.8 Å². The number of aromatic nitrogens is 1. The van der Waals surface area contributed by atoms with E-state index >= 15 is 0 Å². The first-order chi connectivity index (χ1) is 7.75. The van der Waals surface area contributed by atoms with Crippen LogP contribution in [0, 0.1) is 6.92 Å². The number of aryl methyl sites for hydroxylation is 1. The molecule has 84 valence electrons. The molecule has 0 aromatic carbocycles. The zero-order valence-corrected chi connectivity index (χ0v) is 9.44. The fourth-order valence-corrected chi connectivity index (χ4v) is 1.85. The molecule has 0 bridgehead atoms. The van der Waals surface area contributed by atoms with Crippen molar-refractivity contribution in [3.8, 4) is 0 Å². The maximum Gasteiger partial charge on any atom is 0.155 e. The SMILES string of the molecule is Cc1cccc(CC(=O)[C@@H]2CC=CCN2)n1. The number of hydrogen-bond acceptors (Lipinski definition) is 3. The van der Waals surface area contributed by atoms with Crippen LogP contribution in [0.1, 0.15) is 17.8 Å². The summed E-state index contributed by atoms with van der Waals surface area (Å²) in [5.41, 5.74) is 1.82. The van der Waals surface area contributed by atoms with E-state index in [2.05, 4.69) is 22.5 Å². The highest BCUT2D eigenvalue weighted by molar-refractivity contribution is 5.86. The number of ketones is 1. The third-order valence-corrected chi connectivity index (χ3v) is 2.71. The van der Waals surface area contributed by atoms with Gasteiger partial charge in [-0.2, -0.15) is 0 Å². The smallest absolute Gasteiger partial charge is 0.155 e. The second kappa shape index (κ2) is 5.03. The average Bonchev–Trinajstić information content (AvgIpc) is 2.30. The number of nitrogens with one attached hydrogen (secondary N) is 1.